The Labute approximate surface area is 103 Å². The van der Waals surface area contributed by atoms with Crippen molar-refractivity contribution in [1.29, 1.82) is 0 Å². The van der Waals surface area contributed by atoms with Crippen molar-refractivity contribution in [2.24, 2.45) is 0 Å². The highest BCUT2D eigenvalue weighted by molar-refractivity contribution is 5.17. The van der Waals surface area contributed by atoms with Gasteiger partial charge in [0.15, 0.2) is 0 Å². The van der Waals surface area contributed by atoms with E-state index in [1.54, 1.807) is 0 Å². The molecule has 0 unspecified atom stereocenters. The topological polar surface area (TPSA) is 47.0 Å². The SMILES string of the molecule is Cc1cc(O[C@H]2CCCNC2)nc(C(C)C)n1. The lowest BCUT2D eigenvalue weighted by atomic mass is 10.1. The first-order chi connectivity index (χ1) is 8.15. The van der Waals surface area contributed by atoms with Crippen molar-refractivity contribution in [2.45, 2.75) is 45.6 Å². The van der Waals surface area contributed by atoms with E-state index >= 15 is 0 Å². The molecule has 1 saturated heterocycles. The maximum atomic E-state index is 5.91. The number of hydrogen-bond donors (Lipinski definition) is 1. The summed E-state index contributed by atoms with van der Waals surface area (Å²) in [6.07, 6.45) is 2.52. The minimum absolute atomic E-state index is 0.248. The van der Waals surface area contributed by atoms with E-state index in [9.17, 15) is 0 Å². The van der Waals surface area contributed by atoms with E-state index in [0.717, 1.165) is 36.9 Å². The molecule has 0 radical (unpaired) electrons. The first-order valence-electron chi connectivity index (χ1n) is 6.38. The molecule has 2 heterocycles. The molecule has 4 nitrogen and oxygen atoms in total. The molecule has 0 aliphatic carbocycles. The summed E-state index contributed by atoms with van der Waals surface area (Å²) in [5.41, 5.74) is 0.975. The molecule has 4 heteroatoms. The third-order valence-corrected chi connectivity index (χ3v) is 2.90. The fourth-order valence-corrected chi connectivity index (χ4v) is 1.97. The van der Waals surface area contributed by atoms with Gasteiger partial charge >= 0.3 is 0 Å². The lowest BCUT2D eigenvalue weighted by molar-refractivity contribution is 0.159. The van der Waals surface area contributed by atoms with Gasteiger partial charge in [0.1, 0.15) is 11.9 Å². The van der Waals surface area contributed by atoms with Crippen LogP contribution in [-0.2, 0) is 0 Å². The Morgan fingerprint density at radius 3 is 2.88 bits per heavy atom. The van der Waals surface area contributed by atoms with Gasteiger partial charge in [0.25, 0.3) is 0 Å². The van der Waals surface area contributed by atoms with E-state index in [-0.39, 0.29) is 6.10 Å². The number of aryl methyl sites for hydroxylation is 1. The van der Waals surface area contributed by atoms with Crippen molar-refractivity contribution in [3.05, 3.63) is 17.6 Å². The van der Waals surface area contributed by atoms with Crippen LogP contribution in [0, 0.1) is 6.92 Å². The lowest BCUT2D eigenvalue weighted by Crippen LogP contribution is -2.37. The molecular formula is C13H21N3O. The van der Waals surface area contributed by atoms with E-state index in [1.807, 2.05) is 13.0 Å². The van der Waals surface area contributed by atoms with Gasteiger partial charge in [-0.1, -0.05) is 13.8 Å². The van der Waals surface area contributed by atoms with E-state index in [4.69, 9.17) is 4.74 Å². The van der Waals surface area contributed by atoms with E-state index in [0.29, 0.717) is 5.92 Å². The number of rotatable bonds is 3. The summed E-state index contributed by atoms with van der Waals surface area (Å²) >= 11 is 0. The van der Waals surface area contributed by atoms with Crippen LogP contribution in [0.2, 0.25) is 0 Å². The fraction of sp³-hybridized carbons (Fsp3) is 0.692. The monoisotopic (exact) mass is 235 g/mol. The normalized spacial score (nSPS) is 20.6. The van der Waals surface area contributed by atoms with Crippen LogP contribution in [0.4, 0.5) is 0 Å². The first-order valence-corrected chi connectivity index (χ1v) is 6.38. The molecule has 0 bridgehead atoms. The Bertz CT molecular complexity index is 373. The molecule has 1 aromatic rings. The van der Waals surface area contributed by atoms with Gasteiger partial charge in [0.05, 0.1) is 0 Å². The number of nitrogens with one attached hydrogen (secondary N) is 1. The Balaban J connectivity index is 2.09. The number of ether oxygens (including phenoxy) is 1. The molecule has 1 aliphatic heterocycles. The zero-order valence-corrected chi connectivity index (χ0v) is 10.9. The molecule has 1 aliphatic rings. The number of hydrogen-bond acceptors (Lipinski definition) is 4. The van der Waals surface area contributed by atoms with Crippen LogP contribution in [0.3, 0.4) is 0 Å². The van der Waals surface area contributed by atoms with Crippen molar-refractivity contribution in [3.8, 4) is 5.88 Å². The maximum absolute atomic E-state index is 5.91. The van der Waals surface area contributed by atoms with Gasteiger partial charge in [-0.3, -0.25) is 0 Å². The van der Waals surface area contributed by atoms with Crippen molar-refractivity contribution >= 4 is 0 Å². The summed E-state index contributed by atoms with van der Waals surface area (Å²) < 4.78 is 5.91. The van der Waals surface area contributed by atoms with Gasteiger partial charge in [-0.2, -0.15) is 4.98 Å². The molecule has 0 amide bonds. The molecule has 0 spiro atoms. The highest BCUT2D eigenvalue weighted by Crippen LogP contribution is 2.17. The first kappa shape index (κ1) is 12.3. The van der Waals surface area contributed by atoms with Crippen LogP contribution in [0.1, 0.15) is 44.1 Å². The molecule has 0 aromatic carbocycles. The molecule has 1 aromatic heterocycles. The highest BCUT2D eigenvalue weighted by atomic mass is 16.5. The number of piperidine rings is 1. The van der Waals surface area contributed by atoms with Gasteiger partial charge in [-0.05, 0) is 26.3 Å². The molecule has 0 saturated carbocycles. The zero-order valence-electron chi connectivity index (χ0n) is 10.9. The summed E-state index contributed by atoms with van der Waals surface area (Å²) in [6.45, 7) is 8.20. The Morgan fingerprint density at radius 2 is 2.24 bits per heavy atom. The largest absolute Gasteiger partial charge is 0.473 e. The molecule has 17 heavy (non-hydrogen) atoms. The maximum Gasteiger partial charge on any atom is 0.217 e. The zero-order chi connectivity index (χ0) is 12.3. The predicted molar refractivity (Wildman–Crippen MR) is 67.4 cm³/mol. The van der Waals surface area contributed by atoms with Gasteiger partial charge in [-0.25, -0.2) is 4.98 Å². The Morgan fingerprint density at radius 1 is 1.41 bits per heavy atom. The Kier molecular flexibility index (Phi) is 3.94. The highest BCUT2D eigenvalue weighted by Gasteiger charge is 2.16. The molecule has 2 rings (SSSR count). The summed E-state index contributed by atoms with van der Waals surface area (Å²) in [6, 6.07) is 1.92. The van der Waals surface area contributed by atoms with Crippen molar-refractivity contribution in [2.75, 3.05) is 13.1 Å². The van der Waals surface area contributed by atoms with Crippen LogP contribution in [-0.4, -0.2) is 29.2 Å². The fourth-order valence-electron chi connectivity index (χ4n) is 1.97. The van der Waals surface area contributed by atoms with E-state index in [2.05, 4.69) is 29.1 Å². The lowest BCUT2D eigenvalue weighted by Gasteiger charge is -2.23. The van der Waals surface area contributed by atoms with Gasteiger partial charge in [0.2, 0.25) is 5.88 Å². The molecule has 1 atom stereocenters. The number of aromatic nitrogens is 2. The number of nitrogens with zero attached hydrogens (tertiary/aromatic N) is 2. The van der Waals surface area contributed by atoms with E-state index < -0.39 is 0 Å². The Hall–Kier alpha value is -1.16. The summed E-state index contributed by atoms with van der Waals surface area (Å²) in [7, 11) is 0. The summed E-state index contributed by atoms with van der Waals surface area (Å²) in [4.78, 5) is 8.89. The third-order valence-electron chi connectivity index (χ3n) is 2.90. The van der Waals surface area contributed by atoms with Gasteiger partial charge in [0, 0.05) is 24.2 Å². The second-order valence-corrected chi connectivity index (χ2v) is 4.95. The molecular weight excluding hydrogens is 214 g/mol. The summed E-state index contributed by atoms with van der Waals surface area (Å²) in [5, 5.41) is 3.34. The average molecular weight is 235 g/mol. The predicted octanol–water partition coefficient (Wildman–Crippen LogP) is 2.04. The van der Waals surface area contributed by atoms with Crippen LogP contribution in [0.25, 0.3) is 0 Å². The molecule has 94 valence electrons. The average Bonchev–Trinajstić information content (AvgIpc) is 2.29. The van der Waals surface area contributed by atoms with Crippen LogP contribution >= 0.6 is 0 Å². The van der Waals surface area contributed by atoms with Crippen molar-refractivity contribution in [3.63, 3.8) is 0 Å². The second kappa shape index (κ2) is 5.45. The van der Waals surface area contributed by atoms with Gasteiger partial charge in [-0.15, -0.1) is 0 Å². The second-order valence-electron chi connectivity index (χ2n) is 4.95. The van der Waals surface area contributed by atoms with Crippen LogP contribution in [0.5, 0.6) is 5.88 Å². The summed E-state index contributed by atoms with van der Waals surface area (Å²) in [5.74, 6) is 1.92. The van der Waals surface area contributed by atoms with E-state index in [1.165, 1.54) is 6.42 Å². The van der Waals surface area contributed by atoms with Crippen LogP contribution in [0.15, 0.2) is 6.07 Å². The standard InChI is InChI=1S/C13H21N3O/c1-9(2)13-15-10(3)7-12(16-13)17-11-5-4-6-14-8-11/h7,9,11,14H,4-6,8H2,1-3H3/t11-/m0/s1. The van der Waals surface area contributed by atoms with Crippen molar-refractivity contribution < 1.29 is 4.74 Å². The third kappa shape index (κ3) is 3.40. The smallest absolute Gasteiger partial charge is 0.217 e. The van der Waals surface area contributed by atoms with Gasteiger partial charge < -0.3 is 10.1 Å². The minimum atomic E-state index is 0.248. The van der Waals surface area contributed by atoms with Crippen molar-refractivity contribution in [1.82, 2.24) is 15.3 Å². The molecule has 1 N–H and O–H groups in total. The molecule has 1 fully saturated rings. The van der Waals surface area contributed by atoms with Crippen LogP contribution < -0.4 is 10.1 Å². The quantitative estimate of drug-likeness (QED) is 0.871. The minimum Gasteiger partial charge on any atom is -0.473 e.